The lowest BCUT2D eigenvalue weighted by Gasteiger charge is -2.17. The molecular weight excluding hydrogens is 506 g/mol. The minimum absolute atomic E-state index is 0.256. The van der Waals surface area contributed by atoms with Crippen molar-refractivity contribution >= 4 is 33.7 Å². The van der Waals surface area contributed by atoms with Gasteiger partial charge in [-0.2, -0.15) is 5.10 Å². The van der Waals surface area contributed by atoms with Crippen LogP contribution >= 0.6 is 15.9 Å². The summed E-state index contributed by atoms with van der Waals surface area (Å²) >= 11 is 3.58. The van der Waals surface area contributed by atoms with E-state index in [-0.39, 0.29) is 5.91 Å². The predicted octanol–water partition coefficient (Wildman–Crippen LogP) is 6.10. The van der Waals surface area contributed by atoms with E-state index in [4.69, 9.17) is 9.47 Å². The molecule has 0 saturated carbocycles. The minimum Gasteiger partial charge on any atom is -0.490 e. The molecule has 1 amide bonds. The van der Waals surface area contributed by atoms with Crippen molar-refractivity contribution < 1.29 is 14.3 Å². The van der Waals surface area contributed by atoms with E-state index in [1.165, 1.54) is 18.4 Å². The molecule has 0 bridgehead atoms. The van der Waals surface area contributed by atoms with Crippen LogP contribution in [0.3, 0.4) is 0 Å². The number of aryl methyl sites for hydroxylation is 1. The Bertz CT molecular complexity index is 1190. The molecule has 182 valence electrons. The average molecular weight is 536 g/mol. The first-order chi connectivity index (χ1) is 17.0. The van der Waals surface area contributed by atoms with Crippen molar-refractivity contribution in [1.29, 1.82) is 0 Å². The smallest absolute Gasteiger partial charge is 0.271 e. The molecule has 1 saturated heterocycles. The number of hydrogen-bond donors (Lipinski definition) is 1. The van der Waals surface area contributed by atoms with Crippen molar-refractivity contribution in [2.75, 3.05) is 24.6 Å². The fourth-order valence-corrected chi connectivity index (χ4v) is 4.44. The summed E-state index contributed by atoms with van der Waals surface area (Å²) in [6.45, 7) is 7.07. The van der Waals surface area contributed by atoms with Gasteiger partial charge in [-0.05, 0) is 84.6 Å². The molecule has 1 aliphatic rings. The third kappa shape index (κ3) is 6.63. The molecule has 1 N–H and O–H groups in total. The lowest BCUT2D eigenvalue weighted by molar-refractivity contribution is 0.0955. The molecule has 0 aromatic heterocycles. The molecule has 3 aromatic carbocycles. The highest BCUT2D eigenvalue weighted by molar-refractivity contribution is 9.10. The monoisotopic (exact) mass is 535 g/mol. The second kappa shape index (κ2) is 11.9. The van der Waals surface area contributed by atoms with Crippen LogP contribution < -0.4 is 19.8 Å². The highest BCUT2D eigenvalue weighted by Crippen LogP contribution is 2.34. The number of amides is 1. The predicted molar refractivity (Wildman–Crippen MR) is 144 cm³/mol. The van der Waals surface area contributed by atoms with Crippen LogP contribution in [-0.4, -0.2) is 31.8 Å². The Labute approximate surface area is 215 Å². The van der Waals surface area contributed by atoms with E-state index in [1.807, 2.05) is 55.5 Å². The van der Waals surface area contributed by atoms with E-state index < -0.39 is 0 Å². The Balaban J connectivity index is 1.40. The third-order valence-corrected chi connectivity index (χ3v) is 6.50. The van der Waals surface area contributed by atoms with Gasteiger partial charge in [0.15, 0.2) is 11.5 Å². The van der Waals surface area contributed by atoms with Crippen molar-refractivity contribution in [3.8, 4) is 11.5 Å². The van der Waals surface area contributed by atoms with Crippen molar-refractivity contribution in [3.05, 3.63) is 87.4 Å². The number of carbonyl (C=O) groups is 1. The summed E-state index contributed by atoms with van der Waals surface area (Å²) in [5.41, 5.74) is 7.37. The lowest BCUT2D eigenvalue weighted by Crippen LogP contribution is -2.19. The molecule has 1 aliphatic heterocycles. The van der Waals surface area contributed by atoms with Crippen molar-refractivity contribution in [2.24, 2.45) is 5.10 Å². The molecule has 35 heavy (non-hydrogen) atoms. The Morgan fingerprint density at radius 3 is 2.51 bits per heavy atom. The number of hydrazone groups is 1. The van der Waals surface area contributed by atoms with Crippen LogP contribution in [-0.2, 0) is 6.61 Å². The van der Waals surface area contributed by atoms with Gasteiger partial charge in [-0.1, -0.05) is 29.8 Å². The van der Waals surface area contributed by atoms with E-state index in [0.717, 1.165) is 34.4 Å². The van der Waals surface area contributed by atoms with E-state index in [0.29, 0.717) is 30.3 Å². The van der Waals surface area contributed by atoms with Crippen LogP contribution in [0, 0.1) is 6.92 Å². The van der Waals surface area contributed by atoms with Gasteiger partial charge in [-0.15, -0.1) is 0 Å². The summed E-state index contributed by atoms with van der Waals surface area (Å²) in [7, 11) is 0. The number of anilines is 1. The normalized spacial score (nSPS) is 13.3. The molecule has 0 aliphatic carbocycles. The first-order valence-corrected chi connectivity index (χ1v) is 12.7. The standard InChI is InChI=1S/C28H30BrN3O3/c1-3-34-26-16-23(25(29)17-27(26)35-19-21-8-6-7-20(2)15-21)18-30-31-28(33)22-9-11-24(12-10-22)32-13-4-5-14-32/h6-12,15-18H,3-5,13-14,19H2,1-2H3,(H,31,33)/b30-18-. The largest absolute Gasteiger partial charge is 0.490 e. The molecule has 3 aromatic rings. The van der Waals surface area contributed by atoms with Crippen LogP contribution in [0.5, 0.6) is 11.5 Å². The minimum atomic E-state index is -0.256. The zero-order valence-corrected chi connectivity index (χ0v) is 21.7. The number of hydrogen-bond acceptors (Lipinski definition) is 5. The van der Waals surface area contributed by atoms with Crippen molar-refractivity contribution in [1.82, 2.24) is 5.43 Å². The van der Waals surface area contributed by atoms with E-state index in [2.05, 4.69) is 50.4 Å². The van der Waals surface area contributed by atoms with Gasteiger partial charge in [-0.25, -0.2) is 5.43 Å². The van der Waals surface area contributed by atoms with Crippen LogP contribution in [0.25, 0.3) is 0 Å². The molecule has 0 unspecified atom stereocenters. The second-order valence-corrected chi connectivity index (χ2v) is 9.33. The van der Waals surface area contributed by atoms with Crippen molar-refractivity contribution in [2.45, 2.75) is 33.3 Å². The summed E-state index contributed by atoms with van der Waals surface area (Å²) in [5, 5.41) is 4.15. The summed E-state index contributed by atoms with van der Waals surface area (Å²) < 4.78 is 12.6. The topological polar surface area (TPSA) is 63.2 Å². The van der Waals surface area contributed by atoms with Crippen LogP contribution in [0.1, 0.15) is 46.8 Å². The number of ether oxygens (including phenoxy) is 2. The fraction of sp³-hybridized carbons (Fsp3) is 0.286. The molecule has 0 radical (unpaired) electrons. The molecular formula is C28H30BrN3O3. The Hall–Kier alpha value is -3.32. The summed E-state index contributed by atoms with van der Waals surface area (Å²) in [6, 6.07) is 19.6. The fourth-order valence-electron chi connectivity index (χ4n) is 4.02. The van der Waals surface area contributed by atoms with Gasteiger partial charge in [0, 0.05) is 34.4 Å². The second-order valence-electron chi connectivity index (χ2n) is 8.47. The molecule has 4 rings (SSSR count). The number of nitrogens with zero attached hydrogens (tertiary/aromatic N) is 2. The lowest BCUT2D eigenvalue weighted by atomic mass is 10.1. The van der Waals surface area contributed by atoms with Gasteiger partial charge < -0.3 is 14.4 Å². The number of benzene rings is 3. The number of nitrogens with one attached hydrogen (secondary N) is 1. The summed E-state index contributed by atoms with van der Waals surface area (Å²) in [6.07, 6.45) is 4.03. The summed E-state index contributed by atoms with van der Waals surface area (Å²) in [5.74, 6) is 1.00. The number of halogens is 1. The first kappa shape index (κ1) is 24.8. The van der Waals surface area contributed by atoms with Crippen LogP contribution in [0.2, 0.25) is 0 Å². The van der Waals surface area contributed by atoms with Gasteiger partial charge >= 0.3 is 0 Å². The first-order valence-electron chi connectivity index (χ1n) is 11.9. The molecule has 0 spiro atoms. The van der Waals surface area contributed by atoms with Gasteiger partial charge in [0.25, 0.3) is 5.91 Å². The average Bonchev–Trinajstić information content (AvgIpc) is 3.40. The molecule has 1 fully saturated rings. The van der Waals surface area contributed by atoms with Gasteiger partial charge in [0.05, 0.1) is 12.8 Å². The molecule has 6 nitrogen and oxygen atoms in total. The van der Waals surface area contributed by atoms with Gasteiger partial charge in [0.2, 0.25) is 0 Å². The molecule has 1 heterocycles. The van der Waals surface area contributed by atoms with Crippen LogP contribution in [0.4, 0.5) is 5.69 Å². The maximum absolute atomic E-state index is 12.5. The Morgan fingerprint density at radius 2 is 1.80 bits per heavy atom. The van der Waals surface area contributed by atoms with Crippen molar-refractivity contribution in [3.63, 3.8) is 0 Å². The highest BCUT2D eigenvalue weighted by Gasteiger charge is 2.13. The van der Waals surface area contributed by atoms with Gasteiger partial charge in [-0.3, -0.25) is 4.79 Å². The summed E-state index contributed by atoms with van der Waals surface area (Å²) in [4.78, 5) is 14.9. The Morgan fingerprint density at radius 1 is 1.06 bits per heavy atom. The van der Waals surface area contributed by atoms with Crippen LogP contribution in [0.15, 0.2) is 70.2 Å². The SMILES string of the molecule is CCOc1cc(/C=N\NC(=O)c2ccc(N3CCCC3)cc2)c(Br)cc1OCc1cccc(C)c1. The number of rotatable bonds is 9. The maximum atomic E-state index is 12.5. The third-order valence-electron chi connectivity index (χ3n) is 5.81. The van der Waals surface area contributed by atoms with E-state index >= 15 is 0 Å². The Kier molecular flexibility index (Phi) is 8.42. The van der Waals surface area contributed by atoms with E-state index in [9.17, 15) is 4.79 Å². The van der Waals surface area contributed by atoms with E-state index in [1.54, 1.807) is 6.21 Å². The molecule has 7 heteroatoms. The zero-order valence-electron chi connectivity index (χ0n) is 20.1. The highest BCUT2D eigenvalue weighted by atomic mass is 79.9. The quantitative estimate of drug-likeness (QED) is 0.265. The maximum Gasteiger partial charge on any atom is 0.271 e. The van der Waals surface area contributed by atoms with Gasteiger partial charge in [0.1, 0.15) is 6.61 Å². The zero-order chi connectivity index (χ0) is 24.6. The molecule has 0 atom stereocenters. The number of carbonyl (C=O) groups excluding carboxylic acids is 1.